The Morgan fingerprint density at radius 1 is 0.500 bits per heavy atom. The molecule has 0 fully saturated rings. The van der Waals surface area contributed by atoms with Gasteiger partial charge in [-0.3, -0.25) is 0 Å². The van der Waals surface area contributed by atoms with Crippen LogP contribution in [0.15, 0.2) is 12.2 Å². The molecule has 0 aromatic rings. The molecular formula is C30H61NO. The van der Waals surface area contributed by atoms with Crippen molar-refractivity contribution in [1.29, 1.82) is 0 Å². The third-order valence-corrected chi connectivity index (χ3v) is 6.82. The molecule has 0 aliphatic carbocycles. The first-order valence-corrected chi connectivity index (χ1v) is 14.8. The Morgan fingerprint density at radius 3 is 1.06 bits per heavy atom. The quantitative estimate of drug-likeness (QED) is 0.0964. The van der Waals surface area contributed by atoms with E-state index in [1.807, 2.05) is 6.08 Å². The van der Waals surface area contributed by atoms with Gasteiger partial charge in [0, 0.05) is 6.04 Å². The summed E-state index contributed by atoms with van der Waals surface area (Å²) in [5, 5.41) is 8.85. The largest absolute Gasteiger partial charge is 0.394 e. The maximum absolute atomic E-state index is 8.85. The van der Waals surface area contributed by atoms with Crippen molar-refractivity contribution < 1.29 is 5.11 Å². The van der Waals surface area contributed by atoms with Crippen LogP contribution in [0.25, 0.3) is 0 Å². The second-order valence-electron chi connectivity index (χ2n) is 10.2. The van der Waals surface area contributed by atoms with E-state index in [1.165, 1.54) is 154 Å². The van der Waals surface area contributed by atoms with E-state index in [9.17, 15) is 0 Å². The van der Waals surface area contributed by atoms with Gasteiger partial charge in [0.25, 0.3) is 0 Å². The van der Waals surface area contributed by atoms with Crippen LogP contribution in [0.3, 0.4) is 0 Å². The van der Waals surface area contributed by atoms with Gasteiger partial charge in [-0.15, -0.1) is 0 Å². The third-order valence-electron chi connectivity index (χ3n) is 6.82. The van der Waals surface area contributed by atoms with Crippen LogP contribution in [-0.4, -0.2) is 17.8 Å². The van der Waals surface area contributed by atoms with Crippen LogP contribution in [0.4, 0.5) is 0 Å². The van der Waals surface area contributed by atoms with Crippen LogP contribution in [0, 0.1) is 0 Å². The number of hydrogen-bond donors (Lipinski definition) is 2. The Balaban J connectivity index is 3.04. The Hall–Kier alpha value is -0.340. The fraction of sp³-hybridized carbons (Fsp3) is 0.933. The highest BCUT2D eigenvalue weighted by Crippen LogP contribution is 2.15. The molecule has 0 amide bonds. The van der Waals surface area contributed by atoms with E-state index < -0.39 is 0 Å². The molecule has 0 rings (SSSR count). The summed E-state index contributed by atoms with van der Waals surface area (Å²) in [6, 6.07) is -0.177. The third kappa shape index (κ3) is 27.7. The molecule has 0 aromatic heterocycles. The highest BCUT2D eigenvalue weighted by Gasteiger charge is 1.96. The van der Waals surface area contributed by atoms with Crippen molar-refractivity contribution in [3.05, 3.63) is 12.2 Å². The molecule has 192 valence electrons. The van der Waals surface area contributed by atoms with E-state index in [0.29, 0.717) is 0 Å². The van der Waals surface area contributed by atoms with Gasteiger partial charge in [0.15, 0.2) is 0 Å². The van der Waals surface area contributed by atoms with Crippen LogP contribution in [0.1, 0.15) is 167 Å². The lowest BCUT2D eigenvalue weighted by atomic mass is 10.0. The summed E-state index contributed by atoms with van der Waals surface area (Å²) >= 11 is 0. The second kappa shape index (κ2) is 28.7. The SMILES string of the molecule is CCCCCCCCCCCCCCCCCCCCCCCCCC/C=C/C(N)CO. The summed E-state index contributed by atoms with van der Waals surface area (Å²) in [5.41, 5.74) is 5.64. The number of aliphatic hydroxyl groups excluding tert-OH is 1. The van der Waals surface area contributed by atoms with E-state index in [4.69, 9.17) is 10.8 Å². The van der Waals surface area contributed by atoms with Gasteiger partial charge in [-0.2, -0.15) is 0 Å². The number of allylic oxidation sites excluding steroid dienone is 1. The van der Waals surface area contributed by atoms with Crippen LogP contribution in [0.5, 0.6) is 0 Å². The van der Waals surface area contributed by atoms with Gasteiger partial charge in [0.1, 0.15) is 0 Å². The molecule has 3 N–H and O–H groups in total. The van der Waals surface area contributed by atoms with Gasteiger partial charge < -0.3 is 10.8 Å². The molecule has 0 saturated carbocycles. The predicted molar refractivity (Wildman–Crippen MR) is 145 cm³/mol. The van der Waals surface area contributed by atoms with Crippen LogP contribution < -0.4 is 5.73 Å². The van der Waals surface area contributed by atoms with Crippen LogP contribution in [0.2, 0.25) is 0 Å². The van der Waals surface area contributed by atoms with Gasteiger partial charge in [0.2, 0.25) is 0 Å². The van der Waals surface area contributed by atoms with E-state index in [0.717, 1.165) is 6.42 Å². The minimum absolute atomic E-state index is 0.0515. The summed E-state index contributed by atoms with van der Waals surface area (Å²) < 4.78 is 0. The summed E-state index contributed by atoms with van der Waals surface area (Å²) in [6.45, 7) is 2.35. The zero-order valence-corrected chi connectivity index (χ0v) is 22.1. The summed E-state index contributed by atoms with van der Waals surface area (Å²) in [4.78, 5) is 0. The predicted octanol–water partition coefficient (Wildman–Crippen LogP) is 9.63. The molecule has 0 aliphatic rings. The van der Waals surface area contributed by atoms with Gasteiger partial charge in [-0.05, 0) is 12.8 Å². The molecular weight excluding hydrogens is 390 g/mol. The normalized spacial score (nSPS) is 12.7. The molecule has 1 atom stereocenters. The number of aliphatic hydroxyl groups is 1. The maximum atomic E-state index is 8.85. The minimum Gasteiger partial charge on any atom is -0.394 e. The molecule has 0 aromatic carbocycles. The molecule has 2 nitrogen and oxygen atoms in total. The molecule has 0 bridgehead atoms. The van der Waals surface area contributed by atoms with Crippen LogP contribution >= 0.6 is 0 Å². The molecule has 0 radical (unpaired) electrons. The van der Waals surface area contributed by atoms with E-state index >= 15 is 0 Å². The fourth-order valence-corrected chi connectivity index (χ4v) is 4.56. The average molecular weight is 452 g/mol. The van der Waals surface area contributed by atoms with Gasteiger partial charge in [0.05, 0.1) is 6.61 Å². The monoisotopic (exact) mass is 451 g/mol. The summed E-state index contributed by atoms with van der Waals surface area (Å²) in [5.74, 6) is 0. The first-order chi connectivity index (χ1) is 15.8. The Labute approximate surface area is 203 Å². The Kier molecular flexibility index (Phi) is 28.4. The number of rotatable bonds is 27. The maximum Gasteiger partial charge on any atom is 0.0618 e. The topological polar surface area (TPSA) is 46.2 Å². The average Bonchev–Trinajstić information content (AvgIpc) is 2.81. The van der Waals surface area contributed by atoms with Gasteiger partial charge in [-0.1, -0.05) is 167 Å². The van der Waals surface area contributed by atoms with Crippen molar-refractivity contribution >= 4 is 0 Å². The molecule has 0 aliphatic heterocycles. The zero-order chi connectivity index (χ0) is 23.4. The number of unbranched alkanes of at least 4 members (excludes halogenated alkanes) is 24. The minimum atomic E-state index is -0.177. The highest BCUT2D eigenvalue weighted by atomic mass is 16.3. The molecule has 0 saturated heterocycles. The van der Waals surface area contributed by atoms with Crippen LogP contribution in [-0.2, 0) is 0 Å². The zero-order valence-electron chi connectivity index (χ0n) is 22.1. The lowest BCUT2D eigenvalue weighted by Crippen LogP contribution is -2.20. The molecule has 1 unspecified atom stereocenters. The van der Waals surface area contributed by atoms with Crippen molar-refractivity contribution in [3.63, 3.8) is 0 Å². The van der Waals surface area contributed by atoms with Crippen molar-refractivity contribution in [1.82, 2.24) is 0 Å². The lowest BCUT2D eigenvalue weighted by molar-refractivity contribution is 0.284. The van der Waals surface area contributed by atoms with E-state index in [1.54, 1.807) is 0 Å². The molecule has 2 heteroatoms. The fourth-order valence-electron chi connectivity index (χ4n) is 4.56. The molecule has 0 heterocycles. The summed E-state index contributed by atoms with van der Waals surface area (Å²) in [7, 11) is 0. The first-order valence-electron chi connectivity index (χ1n) is 14.8. The Bertz CT molecular complexity index is 355. The summed E-state index contributed by atoms with van der Waals surface area (Å²) in [6.07, 6.45) is 39.7. The lowest BCUT2D eigenvalue weighted by Gasteiger charge is -2.04. The standard InChI is InChI=1S/C30H61NO/c1-2-3-4-5-6-7-8-9-10-11-12-13-14-15-16-17-18-19-20-21-22-23-24-25-26-27-28-30(31)29-32/h27-28,30,32H,2-26,29,31H2,1H3/b28-27+. The van der Waals surface area contributed by atoms with Crippen molar-refractivity contribution in [2.24, 2.45) is 5.73 Å². The number of nitrogens with two attached hydrogens (primary N) is 1. The highest BCUT2D eigenvalue weighted by molar-refractivity contribution is 4.90. The number of hydrogen-bond acceptors (Lipinski definition) is 2. The first kappa shape index (κ1) is 31.7. The van der Waals surface area contributed by atoms with E-state index in [-0.39, 0.29) is 12.6 Å². The molecule has 32 heavy (non-hydrogen) atoms. The van der Waals surface area contributed by atoms with E-state index in [2.05, 4.69) is 13.0 Å². The molecule has 0 spiro atoms. The van der Waals surface area contributed by atoms with Crippen molar-refractivity contribution in [3.8, 4) is 0 Å². The van der Waals surface area contributed by atoms with Crippen molar-refractivity contribution in [2.45, 2.75) is 173 Å². The van der Waals surface area contributed by atoms with Crippen molar-refractivity contribution in [2.75, 3.05) is 6.61 Å². The smallest absolute Gasteiger partial charge is 0.0618 e. The second-order valence-corrected chi connectivity index (χ2v) is 10.2. The van der Waals surface area contributed by atoms with Gasteiger partial charge in [-0.25, -0.2) is 0 Å². The van der Waals surface area contributed by atoms with Gasteiger partial charge >= 0.3 is 0 Å². The Morgan fingerprint density at radius 2 is 0.781 bits per heavy atom.